The second-order valence-corrected chi connectivity index (χ2v) is 9.04. The number of aromatic nitrogens is 2. The number of thiol groups is 1. The highest BCUT2D eigenvalue weighted by Gasteiger charge is 2.16. The Morgan fingerprint density at radius 2 is 0.750 bits per heavy atom. The molecule has 2 heterocycles. The summed E-state index contributed by atoms with van der Waals surface area (Å²) in [6.07, 6.45) is 1.75. The number of benzene rings is 4. The Morgan fingerprint density at radius 3 is 1.06 bits per heavy atom. The molecule has 154 valence electrons. The minimum atomic E-state index is 0.165. The van der Waals surface area contributed by atoms with Gasteiger partial charge in [0.15, 0.2) is 0 Å². The number of hydrogen-bond acceptors (Lipinski definition) is 3. The average Bonchev–Trinajstić information content (AvgIpc) is 2.84. The highest BCUT2D eigenvalue weighted by atomic mass is 32.1. The van der Waals surface area contributed by atoms with Gasteiger partial charge in [0.1, 0.15) is 0 Å². The predicted octanol–water partition coefficient (Wildman–Crippen LogP) is 7.17. The third-order valence-electron chi connectivity index (χ3n) is 6.28. The zero-order valence-electron chi connectivity index (χ0n) is 17.6. The maximum Gasteiger partial charge on any atom is 0.0712 e. The Hall–Kier alpha value is -3.43. The summed E-state index contributed by atoms with van der Waals surface area (Å²) in [5.74, 6) is 0. The van der Waals surface area contributed by atoms with E-state index in [2.05, 4.69) is 97.1 Å². The van der Waals surface area contributed by atoms with Crippen LogP contribution in [0, 0.1) is 0 Å². The van der Waals surface area contributed by atoms with Gasteiger partial charge in [0, 0.05) is 26.8 Å². The molecule has 6 rings (SSSR count). The van der Waals surface area contributed by atoms with E-state index in [9.17, 15) is 0 Å². The molecule has 0 aliphatic carbocycles. The largest absolute Gasteiger partial charge is 0.248 e. The number of para-hydroxylation sites is 4. The van der Waals surface area contributed by atoms with Crippen molar-refractivity contribution in [3.63, 3.8) is 0 Å². The number of fused-ring (bicyclic) bond motifs is 4. The topological polar surface area (TPSA) is 25.8 Å². The van der Waals surface area contributed by atoms with Crippen molar-refractivity contribution < 1.29 is 0 Å². The van der Waals surface area contributed by atoms with E-state index in [-0.39, 0.29) is 5.25 Å². The van der Waals surface area contributed by atoms with Crippen LogP contribution in [-0.4, -0.2) is 15.2 Å². The molecule has 4 aromatic carbocycles. The fourth-order valence-electron chi connectivity index (χ4n) is 4.84. The van der Waals surface area contributed by atoms with Gasteiger partial charge in [0.25, 0.3) is 0 Å². The summed E-state index contributed by atoms with van der Waals surface area (Å²) in [6, 6.07) is 33.7. The van der Waals surface area contributed by atoms with E-state index >= 15 is 0 Å². The normalized spacial score (nSPS) is 11.8. The molecule has 0 amide bonds. The van der Waals surface area contributed by atoms with Crippen molar-refractivity contribution in [2.75, 3.05) is 0 Å². The first-order valence-electron chi connectivity index (χ1n) is 11.0. The van der Waals surface area contributed by atoms with Crippen LogP contribution < -0.4 is 0 Å². The second-order valence-electron chi connectivity index (χ2n) is 8.31. The van der Waals surface area contributed by atoms with Crippen molar-refractivity contribution in [1.29, 1.82) is 0 Å². The lowest BCUT2D eigenvalue weighted by Crippen LogP contribution is -2.10. The van der Waals surface area contributed by atoms with Crippen LogP contribution in [0.2, 0.25) is 0 Å². The molecule has 2 aromatic heterocycles. The fourth-order valence-corrected chi connectivity index (χ4v) is 5.20. The van der Waals surface area contributed by atoms with Gasteiger partial charge in [-0.1, -0.05) is 72.8 Å². The number of rotatable bonds is 4. The molecular formula is C29H22N2S. The first-order valence-corrected chi connectivity index (χ1v) is 11.5. The van der Waals surface area contributed by atoms with Crippen LogP contribution in [0.3, 0.4) is 0 Å². The van der Waals surface area contributed by atoms with Crippen molar-refractivity contribution in [3.8, 4) is 0 Å². The molecule has 0 radical (unpaired) electrons. The molecule has 0 bridgehead atoms. The lowest BCUT2D eigenvalue weighted by molar-refractivity contribution is 0.866. The standard InChI is InChI=1S/C29H22N2S/c32-19(17-24-20-9-1-5-13-26(20)30-27-14-6-2-10-21(24)27)18-25-22-11-3-7-15-28(22)31-29-16-8-4-12-23(25)29/h1-16,19,32H,17-18H2. The molecule has 0 spiro atoms. The Balaban J connectivity index is 1.47. The van der Waals surface area contributed by atoms with E-state index in [0.717, 1.165) is 34.9 Å². The minimum Gasteiger partial charge on any atom is -0.248 e. The maximum atomic E-state index is 5.11. The van der Waals surface area contributed by atoms with Crippen LogP contribution in [-0.2, 0) is 12.8 Å². The van der Waals surface area contributed by atoms with Crippen LogP contribution in [0.1, 0.15) is 11.1 Å². The SMILES string of the molecule is SC(Cc1c2ccccc2nc2ccccc12)Cc1c2ccccc2nc2ccccc12. The molecule has 3 heteroatoms. The number of hydrogen-bond donors (Lipinski definition) is 1. The van der Waals surface area contributed by atoms with E-state index in [1.165, 1.54) is 32.7 Å². The smallest absolute Gasteiger partial charge is 0.0712 e. The van der Waals surface area contributed by atoms with Gasteiger partial charge in [0.05, 0.1) is 22.1 Å². The lowest BCUT2D eigenvalue weighted by Gasteiger charge is -2.17. The van der Waals surface area contributed by atoms with E-state index in [1.807, 2.05) is 0 Å². The van der Waals surface area contributed by atoms with E-state index < -0.39 is 0 Å². The van der Waals surface area contributed by atoms with Gasteiger partial charge in [-0.25, -0.2) is 9.97 Å². The van der Waals surface area contributed by atoms with Gasteiger partial charge >= 0.3 is 0 Å². The summed E-state index contributed by atoms with van der Waals surface area (Å²) < 4.78 is 0. The predicted molar refractivity (Wildman–Crippen MR) is 139 cm³/mol. The van der Waals surface area contributed by atoms with Gasteiger partial charge in [0.2, 0.25) is 0 Å². The van der Waals surface area contributed by atoms with Crippen molar-refractivity contribution in [2.24, 2.45) is 0 Å². The molecule has 0 unspecified atom stereocenters. The van der Waals surface area contributed by atoms with E-state index in [1.54, 1.807) is 0 Å². The van der Waals surface area contributed by atoms with Crippen LogP contribution in [0.25, 0.3) is 43.6 Å². The van der Waals surface area contributed by atoms with Crippen LogP contribution in [0.5, 0.6) is 0 Å². The maximum absolute atomic E-state index is 5.11. The van der Waals surface area contributed by atoms with Crippen LogP contribution >= 0.6 is 12.6 Å². The third kappa shape index (κ3) is 3.30. The van der Waals surface area contributed by atoms with Crippen molar-refractivity contribution in [2.45, 2.75) is 18.1 Å². The van der Waals surface area contributed by atoms with Crippen molar-refractivity contribution in [1.82, 2.24) is 9.97 Å². The molecule has 0 aliphatic rings. The van der Waals surface area contributed by atoms with Gasteiger partial charge in [-0.3, -0.25) is 0 Å². The second kappa shape index (κ2) is 7.92. The molecule has 0 atom stereocenters. The summed E-state index contributed by atoms with van der Waals surface area (Å²) in [6.45, 7) is 0. The van der Waals surface area contributed by atoms with E-state index in [4.69, 9.17) is 22.6 Å². The quantitative estimate of drug-likeness (QED) is 0.237. The lowest BCUT2D eigenvalue weighted by atomic mass is 9.93. The molecule has 6 aromatic rings. The summed E-state index contributed by atoms with van der Waals surface area (Å²) in [5.41, 5.74) is 6.83. The van der Waals surface area contributed by atoms with Gasteiger partial charge in [-0.15, -0.1) is 0 Å². The summed E-state index contributed by atoms with van der Waals surface area (Å²) in [7, 11) is 0. The molecule has 2 nitrogen and oxygen atoms in total. The monoisotopic (exact) mass is 430 g/mol. The zero-order chi connectivity index (χ0) is 21.5. The molecule has 0 fully saturated rings. The molecule has 0 saturated heterocycles. The minimum absolute atomic E-state index is 0.165. The molecule has 0 aliphatic heterocycles. The number of pyridine rings is 2. The Kier molecular flexibility index (Phi) is 4.77. The molecular weight excluding hydrogens is 408 g/mol. The Bertz CT molecular complexity index is 1380. The average molecular weight is 431 g/mol. The Labute approximate surface area is 192 Å². The van der Waals surface area contributed by atoms with Crippen LogP contribution in [0.4, 0.5) is 0 Å². The fraction of sp³-hybridized carbons (Fsp3) is 0.103. The van der Waals surface area contributed by atoms with E-state index in [0.29, 0.717) is 0 Å². The van der Waals surface area contributed by atoms with Crippen molar-refractivity contribution >= 4 is 56.2 Å². The first-order chi connectivity index (χ1) is 15.8. The third-order valence-corrected chi connectivity index (χ3v) is 6.64. The van der Waals surface area contributed by atoms with Gasteiger partial charge in [-0.2, -0.15) is 12.6 Å². The first kappa shape index (κ1) is 19.3. The molecule has 0 saturated carbocycles. The summed E-state index contributed by atoms with van der Waals surface area (Å²) in [4.78, 5) is 9.76. The summed E-state index contributed by atoms with van der Waals surface area (Å²) >= 11 is 5.11. The van der Waals surface area contributed by atoms with Gasteiger partial charge in [-0.05, 0) is 48.2 Å². The Morgan fingerprint density at radius 1 is 0.469 bits per heavy atom. The van der Waals surface area contributed by atoms with Gasteiger partial charge < -0.3 is 0 Å². The highest BCUT2D eigenvalue weighted by molar-refractivity contribution is 7.81. The number of nitrogens with zero attached hydrogens (tertiary/aromatic N) is 2. The summed E-state index contributed by atoms with van der Waals surface area (Å²) in [5, 5.41) is 5.03. The molecule has 32 heavy (non-hydrogen) atoms. The molecule has 0 N–H and O–H groups in total. The highest BCUT2D eigenvalue weighted by Crippen LogP contribution is 2.31. The van der Waals surface area contributed by atoms with Crippen molar-refractivity contribution in [3.05, 3.63) is 108 Å². The zero-order valence-corrected chi connectivity index (χ0v) is 18.5. The van der Waals surface area contributed by atoms with Crippen LogP contribution in [0.15, 0.2) is 97.1 Å².